The topological polar surface area (TPSA) is 71.1 Å². The van der Waals surface area contributed by atoms with Gasteiger partial charge in [-0.05, 0) is 102 Å². The highest BCUT2D eigenvalue weighted by Gasteiger charge is 2.18. The average molecular weight is 553 g/mol. The number of methoxy groups -OCH3 is 2. The van der Waals surface area contributed by atoms with Gasteiger partial charge in [-0.2, -0.15) is 0 Å². The molecule has 0 amide bonds. The zero-order valence-electron chi connectivity index (χ0n) is 22.3. The Kier molecular flexibility index (Phi) is 7.75. The molecular formula is C33H28O6S. The average Bonchev–Trinajstić information content (AvgIpc) is 2.99. The molecule has 0 N–H and O–H groups in total. The van der Waals surface area contributed by atoms with E-state index in [0.717, 1.165) is 28.2 Å². The van der Waals surface area contributed by atoms with Crippen molar-refractivity contribution in [1.82, 2.24) is 0 Å². The Morgan fingerprint density at radius 3 is 1.32 bits per heavy atom. The second-order valence-corrected chi connectivity index (χ2v) is 11.0. The van der Waals surface area contributed by atoms with Crippen molar-refractivity contribution in [1.29, 1.82) is 0 Å². The summed E-state index contributed by atoms with van der Waals surface area (Å²) >= 11 is 0. The molecule has 0 heterocycles. The Morgan fingerprint density at radius 2 is 0.875 bits per heavy atom. The predicted octanol–water partition coefficient (Wildman–Crippen LogP) is 8.10. The zero-order chi connectivity index (χ0) is 28.1. The van der Waals surface area contributed by atoms with Crippen molar-refractivity contribution in [2.45, 2.75) is 16.7 Å². The fourth-order valence-electron chi connectivity index (χ4n) is 4.14. The van der Waals surface area contributed by atoms with Crippen LogP contribution in [0, 0.1) is 6.92 Å². The summed E-state index contributed by atoms with van der Waals surface area (Å²) in [6, 6.07) is 33.7. The van der Waals surface area contributed by atoms with Crippen LogP contribution in [0.15, 0.2) is 125 Å². The standard InChI is InChI=1S/C33H28O6S/c1-23-4-9-30(22-33(23)37-3)39-29-16-20-32(21-17-29)40(34,35)31-18-14-28(15-19-31)38-27-12-7-25(8-13-27)24-5-10-26(36-2)11-6-24/h4-22H,1-3H3. The van der Waals surface area contributed by atoms with Crippen LogP contribution in [0.25, 0.3) is 11.1 Å². The van der Waals surface area contributed by atoms with Crippen LogP contribution in [0.3, 0.4) is 0 Å². The maximum atomic E-state index is 13.2. The number of aryl methyl sites for hydroxylation is 1. The Morgan fingerprint density at radius 1 is 0.475 bits per heavy atom. The summed E-state index contributed by atoms with van der Waals surface area (Å²) in [4.78, 5) is 0.343. The third-order valence-corrected chi connectivity index (χ3v) is 8.18. The SMILES string of the molecule is COc1ccc(-c2ccc(Oc3ccc(S(=O)(=O)c4ccc(Oc5ccc(C)c(OC)c5)cc4)cc3)cc2)cc1. The Bertz CT molecular complexity index is 1690. The van der Waals surface area contributed by atoms with Crippen LogP contribution in [0.4, 0.5) is 0 Å². The molecule has 0 aliphatic carbocycles. The van der Waals surface area contributed by atoms with E-state index < -0.39 is 9.84 Å². The van der Waals surface area contributed by atoms with Crippen molar-refractivity contribution in [2.75, 3.05) is 14.2 Å². The van der Waals surface area contributed by atoms with Gasteiger partial charge in [0, 0.05) is 6.07 Å². The number of hydrogen-bond acceptors (Lipinski definition) is 6. The first-order valence-corrected chi connectivity index (χ1v) is 14.0. The van der Waals surface area contributed by atoms with E-state index in [4.69, 9.17) is 18.9 Å². The fourth-order valence-corrected chi connectivity index (χ4v) is 5.41. The van der Waals surface area contributed by atoms with Crippen LogP contribution in [-0.4, -0.2) is 22.6 Å². The van der Waals surface area contributed by atoms with E-state index in [9.17, 15) is 8.42 Å². The highest BCUT2D eigenvalue weighted by molar-refractivity contribution is 7.91. The molecule has 0 atom stereocenters. The molecule has 202 valence electrons. The van der Waals surface area contributed by atoms with Crippen LogP contribution in [0.2, 0.25) is 0 Å². The van der Waals surface area contributed by atoms with Crippen molar-refractivity contribution in [3.05, 3.63) is 121 Å². The number of hydrogen-bond donors (Lipinski definition) is 0. The molecule has 0 aromatic heterocycles. The first kappa shape index (κ1) is 26.8. The minimum absolute atomic E-state index is 0.170. The highest BCUT2D eigenvalue weighted by Crippen LogP contribution is 2.31. The third kappa shape index (κ3) is 5.95. The molecule has 0 radical (unpaired) electrons. The van der Waals surface area contributed by atoms with Gasteiger partial charge in [0.05, 0.1) is 24.0 Å². The normalized spacial score (nSPS) is 11.1. The molecule has 0 spiro atoms. The van der Waals surface area contributed by atoms with Crippen molar-refractivity contribution in [3.8, 4) is 45.6 Å². The molecule has 7 heteroatoms. The van der Waals surface area contributed by atoms with E-state index in [1.54, 1.807) is 56.7 Å². The molecule has 0 bridgehead atoms. The molecule has 0 saturated heterocycles. The number of benzene rings is 5. The largest absolute Gasteiger partial charge is 0.497 e. The first-order valence-electron chi connectivity index (χ1n) is 12.6. The molecule has 0 aliphatic heterocycles. The number of ether oxygens (including phenoxy) is 4. The molecule has 0 unspecified atom stereocenters. The van der Waals surface area contributed by atoms with Crippen molar-refractivity contribution in [3.63, 3.8) is 0 Å². The van der Waals surface area contributed by atoms with Gasteiger partial charge >= 0.3 is 0 Å². The number of rotatable bonds is 9. The van der Waals surface area contributed by atoms with Crippen molar-refractivity contribution >= 4 is 9.84 Å². The molecular weight excluding hydrogens is 524 g/mol. The molecule has 6 nitrogen and oxygen atoms in total. The van der Waals surface area contributed by atoms with Gasteiger partial charge in [-0.15, -0.1) is 0 Å². The Balaban J connectivity index is 1.24. The molecule has 0 saturated carbocycles. The van der Waals surface area contributed by atoms with Gasteiger partial charge in [-0.25, -0.2) is 8.42 Å². The van der Waals surface area contributed by atoms with Gasteiger partial charge in [-0.3, -0.25) is 0 Å². The number of sulfone groups is 1. The second-order valence-electron chi connectivity index (χ2n) is 9.03. The van der Waals surface area contributed by atoms with E-state index in [1.807, 2.05) is 67.6 Å². The molecule has 5 rings (SSSR count). The quantitative estimate of drug-likeness (QED) is 0.184. The lowest BCUT2D eigenvalue weighted by atomic mass is 10.1. The summed E-state index contributed by atoms with van der Waals surface area (Å²) in [5.74, 6) is 3.83. The zero-order valence-corrected chi connectivity index (χ0v) is 23.1. The van der Waals surface area contributed by atoms with Crippen LogP contribution in [-0.2, 0) is 9.84 Å². The highest BCUT2D eigenvalue weighted by atomic mass is 32.2. The van der Waals surface area contributed by atoms with E-state index in [0.29, 0.717) is 23.0 Å². The lowest BCUT2D eigenvalue weighted by molar-refractivity contribution is 0.406. The summed E-state index contributed by atoms with van der Waals surface area (Å²) in [6.07, 6.45) is 0. The lowest BCUT2D eigenvalue weighted by Gasteiger charge is -2.11. The summed E-state index contributed by atoms with van der Waals surface area (Å²) in [5, 5.41) is 0. The second kappa shape index (κ2) is 11.6. The Labute approximate surface area is 234 Å². The van der Waals surface area contributed by atoms with Crippen molar-refractivity contribution < 1.29 is 27.4 Å². The first-order chi connectivity index (χ1) is 19.4. The van der Waals surface area contributed by atoms with Crippen LogP contribution < -0.4 is 18.9 Å². The van der Waals surface area contributed by atoms with E-state index in [1.165, 1.54) is 12.1 Å². The van der Waals surface area contributed by atoms with Gasteiger partial charge in [0.25, 0.3) is 0 Å². The van der Waals surface area contributed by atoms with E-state index in [-0.39, 0.29) is 9.79 Å². The van der Waals surface area contributed by atoms with Gasteiger partial charge in [0.15, 0.2) is 0 Å². The van der Waals surface area contributed by atoms with Gasteiger partial charge in [0.2, 0.25) is 9.84 Å². The molecule has 5 aromatic carbocycles. The minimum atomic E-state index is -3.72. The maximum Gasteiger partial charge on any atom is 0.206 e. The van der Waals surface area contributed by atoms with Crippen LogP contribution in [0.1, 0.15) is 5.56 Å². The molecule has 40 heavy (non-hydrogen) atoms. The molecule has 5 aromatic rings. The maximum absolute atomic E-state index is 13.2. The smallest absolute Gasteiger partial charge is 0.206 e. The van der Waals surface area contributed by atoms with Gasteiger partial charge in [-0.1, -0.05) is 30.3 Å². The lowest BCUT2D eigenvalue weighted by Crippen LogP contribution is -2.01. The Hall–Kier alpha value is -4.75. The summed E-state index contributed by atoms with van der Waals surface area (Å²) < 4.78 is 48.7. The fraction of sp³-hybridized carbons (Fsp3) is 0.0909. The summed E-state index contributed by atoms with van der Waals surface area (Å²) in [7, 11) is -0.472. The van der Waals surface area contributed by atoms with Gasteiger partial charge < -0.3 is 18.9 Å². The third-order valence-electron chi connectivity index (χ3n) is 6.40. The van der Waals surface area contributed by atoms with E-state index in [2.05, 4.69) is 0 Å². The minimum Gasteiger partial charge on any atom is -0.497 e. The molecule has 0 aliphatic rings. The van der Waals surface area contributed by atoms with Crippen molar-refractivity contribution in [2.24, 2.45) is 0 Å². The predicted molar refractivity (Wildman–Crippen MR) is 155 cm³/mol. The van der Waals surface area contributed by atoms with Crippen LogP contribution >= 0.6 is 0 Å². The summed E-state index contributed by atoms with van der Waals surface area (Å²) in [5.41, 5.74) is 3.11. The summed E-state index contributed by atoms with van der Waals surface area (Å²) in [6.45, 7) is 1.95. The van der Waals surface area contributed by atoms with E-state index >= 15 is 0 Å². The molecule has 0 fully saturated rings. The van der Waals surface area contributed by atoms with Crippen LogP contribution in [0.5, 0.6) is 34.5 Å². The monoisotopic (exact) mass is 552 g/mol. The van der Waals surface area contributed by atoms with Gasteiger partial charge in [0.1, 0.15) is 34.5 Å².